The van der Waals surface area contributed by atoms with Gasteiger partial charge in [0.25, 0.3) is 5.91 Å². The maximum atomic E-state index is 11.9. The predicted molar refractivity (Wildman–Crippen MR) is 79.0 cm³/mol. The standard InChI is InChI=1S/C16H13N3O2/c1-19-8-12-14-11(7-18-16(12)21)15(20)10(5-13(14)19)9-3-2-4-17-6-9/h2-6,8,20H,7H2,1H3,(H,18,21). The molecule has 0 bridgehead atoms. The number of amides is 1. The topological polar surface area (TPSA) is 67.2 Å². The highest BCUT2D eigenvalue weighted by molar-refractivity contribution is 6.11. The van der Waals surface area contributed by atoms with Crippen molar-refractivity contribution in [2.75, 3.05) is 0 Å². The quantitative estimate of drug-likeness (QED) is 0.717. The average Bonchev–Trinajstić information content (AvgIpc) is 2.84. The van der Waals surface area contributed by atoms with Crippen LogP contribution in [0.15, 0.2) is 36.8 Å². The fraction of sp³-hybridized carbons (Fsp3) is 0.125. The van der Waals surface area contributed by atoms with E-state index in [2.05, 4.69) is 10.3 Å². The fourth-order valence-electron chi connectivity index (χ4n) is 2.97. The van der Waals surface area contributed by atoms with Crippen LogP contribution in [0.4, 0.5) is 0 Å². The Kier molecular flexibility index (Phi) is 2.33. The molecule has 104 valence electrons. The minimum Gasteiger partial charge on any atom is -0.507 e. The minimum absolute atomic E-state index is 0.0957. The molecule has 0 saturated carbocycles. The number of rotatable bonds is 1. The molecule has 2 N–H and O–H groups in total. The maximum absolute atomic E-state index is 11.9. The molecule has 21 heavy (non-hydrogen) atoms. The van der Waals surface area contributed by atoms with Crippen LogP contribution in [0, 0.1) is 0 Å². The Hall–Kier alpha value is -2.82. The van der Waals surface area contributed by atoms with E-state index < -0.39 is 0 Å². The van der Waals surface area contributed by atoms with Gasteiger partial charge in [0.15, 0.2) is 0 Å². The highest BCUT2D eigenvalue weighted by atomic mass is 16.3. The molecule has 0 aliphatic carbocycles. The van der Waals surface area contributed by atoms with E-state index in [0.29, 0.717) is 12.1 Å². The maximum Gasteiger partial charge on any atom is 0.253 e. The molecule has 3 aromatic rings. The largest absolute Gasteiger partial charge is 0.507 e. The molecule has 3 heterocycles. The van der Waals surface area contributed by atoms with Crippen molar-refractivity contribution in [2.45, 2.75) is 6.54 Å². The van der Waals surface area contributed by atoms with E-state index in [-0.39, 0.29) is 11.7 Å². The fourth-order valence-corrected chi connectivity index (χ4v) is 2.97. The molecule has 0 radical (unpaired) electrons. The van der Waals surface area contributed by atoms with Crippen molar-refractivity contribution in [1.29, 1.82) is 0 Å². The van der Waals surface area contributed by atoms with Crippen LogP contribution >= 0.6 is 0 Å². The number of phenolic OH excluding ortho intramolecular Hbond substituents is 1. The third-order valence-corrected chi connectivity index (χ3v) is 3.99. The summed E-state index contributed by atoms with van der Waals surface area (Å²) in [7, 11) is 1.90. The van der Waals surface area contributed by atoms with Crippen LogP contribution in [-0.4, -0.2) is 20.6 Å². The van der Waals surface area contributed by atoms with E-state index in [0.717, 1.165) is 27.6 Å². The third-order valence-electron chi connectivity index (χ3n) is 3.99. The summed E-state index contributed by atoms with van der Waals surface area (Å²) in [5, 5.41) is 14.2. The average molecular weight is 279 g/mol. The Balaban J connectivity index is 2.11. The van der Waals surface area contributed by atoms with Gasteiger partial charge in [0.05, 0.1) is 5.56 Å². The first-order valence-electron chi connectivity index (χ1n) is 6.69. The monoisotopic (exact) mass is 279 g/mol. The van der Waals surface area contributed by atoms with Crippen molar-refractivity contribution in [3.63, 3.8) is 0 Å². The number of nitrogens with one attached hydrogen (secondary N) is 1. The Morgan fingerprint density at radius 1 is 1.38 bits per heavy atom. The zero-order valence-corrected chi connectivity index (χ0v) is 11.4. The molecule has 1 amide bonds. The van der Waals surface area contributed by atoms with Gasteiger partial charge in [0.1, 0.15) is 5.75 Å². The first-order valence-corrected chi connectivity index (χ1v) is 6.69. The molecule has 0 unspecified atom stereocenters. The molecule has 5 nitrogen and oxygen atoms in total. The molecule has 0 fully saturated rings. The van der Waals surface area contributed by atoms with E-state index in [1.54, 1.807) is 18.6 Å². The molecule has 1 aliphatic heterocycles. The Bertz CT molecular complexity index is 882. The lowest BCUT2D eigenvalue weighted by atomic mass is 9.95. The number of phenols is 1. The van der Waals surface area contributed by atoms with Crippen LogP contribution in [0.25, 0.3) is 22.0 Å². The molecular formula is C16H13N3O2. The molecule has 0 atom stereocenters. The van der Waals surface area contributed by atoms with Crippen molar-refractivity contribution in [1.82, 2.24) is 14.9 Å². The molecule has 4 rings (SSSR count). The van der Waals surface area contributed by atoms with Crippen molar-refractivity contribution in [3.05, 3.63) is 47.9 Å². The number of pyridine rings is 1. The van der Waals surface area contributed by atoms with Gasteiger partial charge in [-0.2, -0.15) is 0 Å². The predicted octanol–water partition coefficient (Wildman–Crippen LogP) is 2.19. The summed E-state index contributed by atoms with van der Waals surface area (Å²) in [5.41, 5.74) is 3.90. The second-order valence-corrected chi connectivity index (χ2v) is 5.22. The molecule has 5 heteroatoms. The van der Waals surface area contributed by atoms with E-state index in [4.69, 9.17) is 0 Å². The lowest BCUT2D eigenvalue weighted by molar-refractivity contribution is 0.0949. The molecule has 0 spiro atoms. The van der Waals surface area contributed by atoms with Crippen LogP contribution in [0.3, 0.4) is 0 Å². The summed E-state index contributed by atoms with van der Waals surface area (Å²) >= 11 is 0. The zero-order valence-electron chi connectivity index (χ0n) is 11.4. The van der Waals surface area contributed by atoms with E-state index in [9.17, 15) is 9.90 Å². The summed E-state index contributed by atoms with van der Waals surface area (Å²) in [6.45, 7) is 0.340. The molecule has 1 aromatic carbocycles. The summed E-state index contributed by atoms with van der Waals surface area (Å²) in [6, 6.07) is 5.65. The van der Waals surface area contributed by atoms with Gasteiger partial charge in [0.2, 0.25) is 0 Å². The first kappa shape index (κ1) is 12.0. The van der Waals surface area contributed by atoms with Gasteiger partial charge in [-0.25, -0.2) is 0 Å². The van der Waals surface area contributed by atoms with Gasteiger partial charge in [-0.1, -0.05) is 6.07 Å². The summed E-state index contributed by atoms with van der Waals surface area (Å²) in [4.78, 5) is 16.0. The number of carbonyl (C=O) groups is 1. The number of aryl methyl sites for hydroxylation is 1. The number of nitrogens with zero attached hydrogens (tertiary/aromatic N) is 2. The van der Waals surface area contributed by atoms with E-state index >= 15 is 0 Å². The zero-order chi connectivity index (χ0) is 14.6. The lowest BCUT2D eigenvalue weighted by Crippen LogP contribution is -2.26. The number of carbonyl (C=O) groups excluding carboxylic acids is 1. The third kappa shape index (κ3) is 1.57. The second kappa shape index (κ2) is 4.09. The lowest BCUT2D eigenvalue weighted by Gasteiger charge is -2.17. The van der Waals surface area contributed by atoms with E-state index in [1.165, 1.54) is 0 Å². The van der Waals surface area contributed by atoms with Gasteiger partial charge in [-0.05, 0) is 12.1 Å². The smallest absolute Gasteiger partial charge is 0.253 e. The summed E-state index contributed by atoms with van der Waals surface area (Å²) in [5.74, 6) is 0.115. The van der Waals surface area contributed by atoms with Crippen molar-refractivity contribution in [3.8, 4) is 16.9 Å². The molecule has 0 saturated heterocycles. The SMILES string of the molecule is Cn1cc2c3c(c(O)c(-c4cccnc4)cc31)CNC2=O. The van der Waals surface area contributed by atoms with Gasteiger partial charge < -0.3 is 15.0 Å². The minimum atomic E-state index is -0.0957. The van der Waals surface area contributed by atoms with Crippen LogP contribution < -0.4 is 5.32 Å². The van der Waals surface area contributed by atoms with Crippen LogP contribution in [0.2, 0.25) is 0 Å². The normalized spacial score (nSPS) is 13.5. The molecule has 2 aromatic heterocycles. The van der Waals surface area contributed by atoms with Crippen molar-refractivity contribution in [2.24, 2.45) is 7.05 Å². The van der Waals surface area contributed by atoms with Crippen LogP contribution in [0.5, 0.6) is 5.75 Å². The number of benzene rings is 1. The van der Waals surface area contributed by atoms with Crippen molar-refractivity contribution >= 4 is 16.8 Å². The van der Waals surface area contributed by atoms with Crippen LogP contribution in [0.1, 0.15) is 15.9 Å². The highest BCUT2D eigenvalue weighted by Crippen LogP contribution is 2.40. The number of hydrogen-bond donors (Lipinski definition) is 2. The Labute approximate surface area is 120 Å². The number of aromatic nitrogens is 2. The van der Waals surface area contributed by atoms with Gasteiger partial charge in [-0.3, -0.25) is 9.78 Å². The number of aromatic hydroxyl groups is 1. The Morgan fingerprint density at radius 3 is 3.00 bits per heavy atom. The Morgan fingerprint density at radius 2 is 2.24 bits per heavy atom. The summed E-state index contributed by atoms with van der Waals surface area (Å²) in [6.07, 6.45) is 5.22. The number of hydrogen-bond acceptors (Lipinski definition) is 3. The highest BCUT2D eigenvalue weighted by Gasteiger charge is 2.26. The van der Waals surface area contributed by atoms with Crippen LogP contribution in [-0.2, 0) is 13.6 Å². The van der Waals surface area contributed by atoms with Gasteiger partial charge in [0, 0.05) is 59.8 Å². The van der Waals surface area contributed by atoms with Gasteiger partial charge in [-0.15, -0.1) is 0 Å². The van der Waals surface area contributed by atoms with Gasteiger partial charge >= 0.3 is 0 Å². The van der Waals surface area contributed by atoms with E-state index in [1.807, 2.05) is 29.8 Å². The molecular weight excluding hydrogens is 266 g/mol. The second-order valence-electron chi connectivity index (χ2n) is 5.22. The summed E-state index contributed by atoms with van der Waals surface area (Å²) < 4.78 is 1.92. The van der Waals surface area contributed by atoms with Crippen molar-refractivity contribution < 1.29 is 9.90 Å². The molecule has 1 aliphatic rings. The first-order chi connectivity index (χ1) is 10.2.